The summed E-state index contributed by atoms with van der Waals surface area (Å²) in [6, 6.07) is 6.28. The molecule has 2 N–H and O–H groups in total. The number of hydrogen-bond acceptors (Lipinski definition) is 5. The number of nitrogens with two attached hydrogens (primary N) is 1. The van der Waals surface area contributed by atoms with Gasteiger partial charge >= 0.3 is 0 Å². The molecule has 5 heteroatoms. The van der Waals surface area contributed by atoms with E-state index in [0.717, 1.165) is 30.1 Å². The zero-order valence-electron chi connectivity index (χ0n) is 12.5. The fourth-order valence-electron chi connectivity index (χ4n) is 2.67. The average Bonchev–Trinajstić information content (AvgIpc) is 2.91. The normalized spacial score (nSPS) is 17.4. The summed E-state index contributed by atoms with van der Waals surface area (Å²) in [5.74, 6) is 0.969. The van der Waals surface area contributed by atoms with Gasteiger partial charge in [0.15, 0.2) is 5.13 Å². The Morgan fingerprint density at radius 3 is 3.05 bits per heavy atom. The quantitative estimate of drug-likeness (QED) is 0.934. The van der Waals surface area contributed by atoms with E-state index in [1.807, 2.05) is 5.38 Å². The number of nitrogens with zero attached hydrogens (tertiary/aromatic N) is 2. The number of aromatic nitrogens is 1. The molecule has 0 aliphatic carbocycles. The fraction of sp³-hybridized carbons (Fsp3) is 0.438. The third kappa shape index (κ3) is 2.97. The minimum Gasteiger partial charge on any atom is -0.487 e. The van der Waals surface area contributed by atoms with Crippen LogP contribution in [0.15, 0.2) is 23.6 Å². The van der Waals surface area contributed by atoms with E-state index in [4.69, 9.17) is 10.5 Å². The van der Waals surface area contributed by atoms with Crippen molar-refractivity contribution in [2.75, 3.05) is 23.7 Å². The number of hydrogen-bond donors (Lipinski definition) is 1. The second-order valence-electron chi connectivity index (χ2n) is 5.48. The SMILES string of the molecule is CCCCN1CC(C)Oc2ccc(-c3csc(N)n3)cc21. The molecule has 21 heavy (non-hydrogen) atoms. The highest BCUT2D eigenvalue weighted by atomic mass is 32.1. The van der Waals surface area contributed by atoms with Crippen molar-refractivity contribution in [3.63, 3.8) is 0 Å². The van der Waals surface area contributed by atoms with Gasteiger partial charge in [-0.25, -0.2) is 4.98 Å². The minimum atomic E-state index is 0.232. The maximum Gasteiger partial charge on any atom is 0.180 e. The van der Waals surface area contributed by atoms with Gasteiger partial charge in [-0.2, -0.15) is 0 Å². The monoisotopic (exact) mass is 303 g/mol. The Bertz CT molecular complexity index is 626. The number of anilines is 2. The van der Waals surface area contributed by atoms with Crippen LogP contribution in [0.2, 0.25) is 0 Å². The van der Waals surface area contributed by atoms with Crippen molar-refractivity contribution in [1.29, 1.82) is 0 Å². The second kappa shape index (κ2) is 5.93. The molecule has 0 saturated carbocycles. The van der Waals surface area contributed by atoms with Crippen LogP contribution in [0, 0.1) is 0 Å². The molecule has 0 amide bonds. The van der Waals surface area contributed by atoms with Gasteiger partial charge in [0, 0.05) is 17.5 Å². The molecule has 1 unspecified atom stereocenters. The van der Waals surface area contributed by atoms with Gasteiger partial charge in [-0.1, -0.05) is 13.3 Å². The van der Waals surface area contributed by atoms with Gasteiger partial charge in [0.2, 0.25) is 0 Å². The Labute approximate surface area is 129 Å². The summed E-state index contributed by atoms with van der Waals surface area (Å²) in [6.07, 6.45) is 2.62. The molecular formula is C16H21N3OS. The van der Waals surface area contributed by atoms with Gasteiger partial charge in [0.05, 0.1) is 17.9 Å². The molecule has 112 valence electrons. The van der Waals surface area contributed by atoms with E-state index in [-0.39, 0.29) is 6.10 Å². The molecule has 1 aliphatic heterocycles. The lowest BCUT2D eigenvalue weighted by Gasteiger charge is -2.35. The number of rotatable bonds is 4. The Balaban J connectivity index is 1.94. The fourth-order valence-corrected chi connectivity index (χ4v) is 3.24. The Kier molecular flexibility index (Phi) is 4.01. The highest BCUT2D eigenvalue weighted by Crippen LogP contribution is 2.37. The van der Waals surface area contributed by atoms with Crippen molar-refractivity contribution in [2.24, 2.45) is 0 Å². The van der Waals surface area contributed by atoms with E-state index in [2.05, 4.69) is 41.9 Å². The number of nitrogen functional groups attached to an aromatic ring is 1. The van der Waals surface area contributed by atoms with Crippen LogP contribution < -0.4 is 15.4 Å². The van der Waals surface area contributed by atoms with Crippen molar-refractivity contribution in [1.82, 2.24) is 4.98 Å². The average molecular weight is 303 g/mol. The summed E-state index contributed by atoms with van der Waals surface area (Å²) in [4.78, 5) is 6.79. The third-order valence-corrected chi connectivity index (χ3v) is 4.38. The van der Waals surface area contributed by atoms with Crippen LogP contribution in [0.5, 0.6) is 5.75 Å². The van der Waals surface area contributed by atoms with Gasteiger partial charge in [0.1, 0.15) is 11.9 Å². The van der Waals surface area contributed by atoms with Gasteiger partial charge in [-0.05, 0) is 31.5 Å². The molecule has 0 bridgehead atoms. The first-order chi connectivity index (χ1) is 10.2. The smallest absolute Gasteiger partial charge is 0.180 e. The molecule has 0 saturated heterocycles. The summed E-state index contributed by atoms with van der Waals surface area (Å²) in [7, 11) is 0. The lowest BCUT2D eigenvalue weighted by Crippen LogP contribution is -2.38. The molecule has 2 heterocycles. The van der Waals surface area contributed by atoms with Gasteiger partial charge in [-0.15, -0.1) is 11.3 Å². The number of thiazole rings is 1. The summed E-state index contributed by atoms with van der Waals surface area (Å²) in [6.45, 7) is 6.35. The Hall–Kier alpha value is -1.75. The first kappa shape index (κ1) is 14.2. The van der Waals surface area contributed by atoms with Crippen molar-refractivity contribution in [2.45, 2.75) is 32.8 Å². The number of benzene rings is 1. The molecule has 0 fully saturated rings. The Morgan fingerprint density at radius 1 is 1.48 bits per heavy atom. The molecule has 3 rings (SSSR count). The van der Waals surface area contributed by atoms with Crippen LogP contribution in [0.25, 0.3) is 11.3 Å². The van der Waals surface area contributed by atoms with Crippen LogP contribution in [0.1, 0.15) is 26.7 Å². The minimum absolute atomic E-state index is 0.232. The van der Waals surface area contributed by atoms with Gasteiger partial charge in [-0.3, -0.25) is 0 Å². The number of ether oxygens (including phenoxy) is 1. The number of unbranched alkanes of at least 4 members (excludes halogenated alkanes) is 1. The first-order valence-corrected chi connectivity index (χ1v) is 8.32. The van der Waals surface area contributed by atoms with Crippen LogP contribution in [0.3, 0.4) is 0 Å². The molecule has 0 spiro atoms. The van der Waals surface area contributed by atoms with E-state index in [0.29, 0.717) is 5.13 Å². The summed E-state index contributed by atoms with van der Waals surface area (Å²) < 4.78 is 5.95. The number of fused-ring (bicyclic) bond motifs is 1. The molecule has 1 atom stereocenters. The third-order valence-electron chi connectivity index (χ3n) is 3.70. The highest BCUT2D eigenvalue weighted by molar-refractivity contribution is 7.13. The molecule has 1 aromatic heterocycles. The predicted octanol–water partition coefficient (Wildman–Crippen LogP) is 3.78. The van der Waals surface area contributed by atoms with E-state index < -0.39 is 0 Å². The lowest BCUT2D eigenvalue weighted by atomic mass is 10.1. The van der Waals surface area contributed by atoms with Crippen LogP contribution in [-0.2, 0) is 0 Å². The Morgan fingerprint density at radius 2 is 2.33 bits per heavy atom. The van der Waals surface area contributed by atoms with E-state index in [1.54, 1.807) is 0 Å². The zero-order valence-corrected chi connectivity index (χ0v) is 13.3. The second-order valence-corrected chi connectivity index (χ2v) is 6.37. The van der Waals surface area contributed by atoms with Crippen LogP contribution >= 0.6 is 11.3 Å². The predicted molar refractivity (Wildman–Crippen MR) is 89.2 cm³/mol. The first-order valence-electron chi connectivity index (χ1n) is 7.44. The van der Waals surface area contributed by atoms with E-state index >= 15 is 0 Å². The van der Waals surface area contributed by atoms with Crippen molar-refractivity contribution >= 4 is 22.2 Å². The molecule has 2 aromatic rings. The standard InChI is InChI=1S/C16H21N3OS/c1-3-4-7-19-9-11(2)20-15-6-5-12(8-14(15)19)13-10-21-16(17)18-13/h5-6,8,10-11H,3-4,7,9H2,1-2H3,(H2,17,18). The van der Waals surface area contributed by atoms with Crippen molar-refractivity contribution in [3.8, 4) is 17.0 Å². The summed E-state index contributed by atoms with van der Waals surface area (Å²) in [5, 5.41) is 2.61. The largest absolute Gasteiger partial charge is 0.487 e. The van der Waals surface area contributed by atoms with E-state index in [9.17, 15) is 0 Å². The molecule has 0 radical (unpaired) electrons. The summed E-state index contributed by atoms with van der Waals surface area (Å²) in [5.41, 5.74) is 8.95. The molecule has 1 aromatic carbocycles. The maximum absolute atomic E-state index is 5.95. The highest BCUT2D eigenvalue weighted by Gasteiger charge is 2.23. The van der Waals surface area contributed by atoms with Crippen LogP contribution in [0.4, 0.5) is 10.8 Å². The van der Waals surface area contributed by atoms with Crippen LogP contribution in [-0.4, -0.2) is 24.2 Å². The zero-order chi connectivity index (χ0) is 14.8. The summed E-state index contributed by atoms with van der Waals surface area (Å²) >= 11 is 1.47. The molecular weight excluding hydrogens is 282 g/mol. The van der Waals surface area contributed by atoms with E-state index in [1.165, 1.54) is 29.9 Å². The maximum atomic E-state index is 5.95. The van der Waals surface area contributed by atoms with Crippen molar-refractivity contribution < 1.29 is 4.74 Å². The van der Waals surface area contributed by atoms with Gasteiger partial charge < -0.3 is 15.4 Å². The lowest BCUT2D eigenvalue weighted by molar-refractivity contribution is 0.212. The molecule has 4 nitrogen and oxygen atoms in total. The van der Waals surface area contributed by atoms with Crippen molar-refractivity contribution in [3.05, 3.63) is 23.6 Å². The topological polar surface area (TPSA) is 51.4 Å². The molecule has 1 aliphatic rings. The van der Waals surface area contributed by atoms with Gasteiger partial charge in [0.25, 0.3) is 0 Å².